The second-order valence-electron chi connectivity index (χ2n) is 7.10. The topological polar surface area (TPSA) is 45.4 Å². The van der Waals surface area contributed by atoms with Crippen molar-refractivity contribution in [1.82, 2.24) is 14.9 Å². The van der Waals surface area contributed by atoms with Crippen LogP contribution in [0.5, 0.6) is 0 Å². The quantitative estimate of drug-likeness (QED) is 0.600. The minimum absolute atomic E-state index is 0.747. The van der Waals surface area contributed by atoms with E-state index in [1.165, 1.54) is 12.8 Å². The number of furan rings is 1. The Morgan fingerprint density at radius 3 is 2.85 bits per heavy atom. The number of aromatic nitrogens is 2. The molecule has 0 saturated carbocycles. The molecule has 1 aliphatic heterocycles. The van der Waals surface area contributed by atoms with Crippen LogP contribution in [0.25, 0.3) is 10.6 Å². The number of hydrogen-bond acceptors (Lipinski definition) is 6. The number of nitrogens with zero attached hydrogens (tertiary/aromatic N) is 4. The molecule has 3 aromatic heterocycles. The fourth-order valence-corrected chi connectivity index (χ4v) is 4.48. The van der Waals surface area contributed by atoms with Crippen LogP contribution in [0.15, 0.2) is 52.8 Å². The molecule has 0 spiro atoms. The number of hydrogen-bond donors (Lipinski definition) is 0. The SMILES string of the molecule is CCN(Cc1csc(-c2ccoc2)n1)CC1CCN(c2ccccn2)CC1. The molecule has 0 N–H and O–H groups in total. The number of anilines is 1. The molecular formula is C21H26N4OS. The second kappa shape index (κ2) is 8.67. The van der Waals surface area contributed by atoms with E-state index in [1.54, 1.807) is 23.9 Å². The van der Waals surface area contributed by atoms with Crippen molar-refractivity contribution in [3.8, 4) is 10.6 Å². The summed E-state index contributed by atoms with van der Waals surface area (Å²) in [5, 5.41) is 3.22. The third kappa shape index (κ3) is 4.57. The Labute approximate surface area is 164 Å². The van der Waals surface area contributed by atoms with Gasteiger partial charge in [0.25, 0.3) is 0 Å². The Kier molecular flexibility index (Phi) is 5.84. The molecule has 0 aliphatic carbocycles. The molecule has 1 fully saturated rings. The summed E-state index contributed by atoms with van der Waals surface area (Å²) in [6.45, 7) is 7.56. The largest absolute Gasteiger partial charge is 0.472 e. The van der Waals surface area contributed by atoms with Crippen molar-refractivity contribution in [3.63, 3.8) is 0 Å². The van der Waals surface area contributed by atoms with Gasteiger partial charge in [0.1, 0.15) is 17.1 Å². The Morgan fingerprint density at radius 1 is 1.26 bits per heavy atom. The van der Waals surface area contributed by atoms with Crippen LogP contribution in [0.1, 0.15) is 25.5 Å². The third-order valence-corrected chi connectivity index (χ3v) is 6.20. The molecule has 1 saturated heterocycles. The van der Waals surface area contributed by atoms with Crippen molar-refractivity contribution in [1.29, 1.82) is 0 Å². The predicted octanol–water partition coefficient (Wildman–Crippen LogP) is 4.54. The molecule has 0 bridgehead atoms. The normalized spacial score (nSPS) is 15.6. The van der Waals surface area contributed by atoms with E-state index in [4.69, 9.17) is 9.40 Å². The Morgan fingerprint density at radius 2 is 2.15 bits per heavy atom. The highest BCUT2D eigenvalue weighted by atomic mass is 32.1. The van der Waals surface area contributed by atoms with Gasteiger partial charge in [0.05, 0.1) is 12.0 Å². The lowest BCUT2D eigenvalue weighted by Gasteiger charge is -2.35. The van der Waals surface area contributed by atoms with Crippen molar-refractivity contribution in [2.45, 2.75) is 26.3 Å². The standard InChI is InChI=1S/C21H26N4OS/c1-2-24(14-19-16-27-21(23-19)18-8-12-26-15-18)13-17-6-10-25(11-7-17)20-5-3-4-9-22-20/h3-5,8-9,12,15-17H,2,6-7,10-11,13-14H2,1H3. The summed E-state index contributed by atoms with van der Waals surface area (Å²) in [5.74, 6) is 1.86. The van der Waals surface area contributed by atoms with Crippen LogP contribution in [-0.2, 0) is 6.54 Å². The van der Waals surface area contributed by atoms with Crippen LogP contribution in [0.2, 0.25) is 0 Å². The maximum Gasteiger partial charge on any atom is 0.128 e. The van der Waals surface area contributed by atoms with E-state index in [0.717, 1.165) is 60.7 Å². The van der Waals surface area contributed by atoms with Gasteiger partial charge >= 0.3 is 0 Å². The van der Waals surface area contributed by atoms with Gasteiger partial charge in [-0.1, -0.05) is 13.0 Å². The molecule has 5 nitrogen and oxygen atoms in total. The van der Waals surface area contributed by atoms with E-state index in [0.29, 0.717) is 0 Å². The monoisotopic (exact) mass is 382 g/mol. The molecule has 6 heteroatoms. The summed E-state index contributed by atoms with van der Waals surface area (Å²) < 4.78 is 5.17. The molecule has 27 heavy (non-hydrogen) atoms. The summed E-state index contributed by atoms with van der Waals surface area (Å²) in [5.41, 5.74) is 2.22. The molecule has 0 radical (unpaired) electrons. The molecule has 4 rings (SSSR count). The van der Waals surface area contributed by atoms with Gasteiger partial charge in [0.2, 0.25) is 0 Å². The molecule has 0 atom stereocenters. The van der Waals surface area contributed by atoms with Crippen molar-refractivity contribution in [2.75, 3.05) is 31.1 Å². The number of pyridine rings is 1. The fourth-order valence-electron chi connectivity index (χ4n) is 3.68. The lowest BCUT2D eigenvalue weighted by atomic mass is 9.96. The zero-order valence-electron chi connectivity index (χ0n) is 15.8. The van der Waals surface area contributed by atoms with E-state index < -0.39 is 0 Å². The molecular weight excluding hydrogens is 356 g/mol. The van der Waals surface area contributed by atoms with Crippen LogP contribution < -0.4 is 4.90 Å². The van der Waals surface area contributed by atoms with E-state index in [2.05, 4.69) is 39.2 Å². The Hall–Kier alpha value is -2.18. The highest BCUT2D eigenvalue weighted by molar-refractivity contribution is 7.13. The summed E-state index contributed by atoms with van der Waals surface area (Å²) >= 11 is 1.69. The zero-order valence-corrected chi connectivity index (χ0v) is 16.6. The van der Waals surface area contributed by atoms with Gasteiger partial charge in [0, 0.05) is 43.3 Å². The maximum absolute atomic E-state index is 5.17. The van der Waals surface area contributed by atoms with Gasteiger partial charge in [-0.25, -0.2) is 9.97 Å². The van der Waals surface area contributed by atoms with Crippen LogP contribution >= 0.6 is 11.3 Å². The first-order valence-corrected chi connectivity index (χ1v) is 10.5. The van der Waals surface area contributed by atoms with Crippen LogP contribution in [0.3, 0.4) is 0 Å². The van der Waals surface area contributed by atoms with Crippen molar-refractivity contribution < 1.29 is 4.42 Å². The molecule has 0 aromatic carbocycles. The summed E-state index contributed by atoms with van der Waals surface area (Å²) in [6.07, 6.45) is 7.79. The van der Waals surface area contributed by atoms with E-state index in [-0.39, 0.29) is 0 Å². The molecule has 4 heterocycles. The molecule has 1 aliphatic rings. The maximum atomic E-state index is 5.17. The summed E-state index contributed by atoms with van der Waals surface area (Å²) in [6, 6.07) is 8.12. The first-order valence-electron chi connectivity index (χ1n) is 9.67. The molecule has 142 valence electrons. The minimum Gasteiger partial charge on any atom is -0.472 e. The van der Waals surface area contributed by atoms with E-state index in [1.807, 2.05) is 18.3 Å². The molecule has 0 unspecified atom stereocenters. The Bertz CT molecular complexity index is 810. The second-order valence-corrected chi connectivity index (χ2v) is 7.96. The molecule has 3 aromatic rings. The molecule has 0 amide bonds. The summed E-state index contributed by atoms with van der Waals surface area (Å²) in [4.78, 5) is 14.2. The van der Waals surface area contributed by atoms with Crippen molar-refractivity contribution in [2.24, 2.45) is 5.92 Å². The van der Waals surface area contributed by atoms with Gasteiger partial charge in [-0.15, -0.1) is 11.3 Å². The van der Waals surface area contributed by atoms with Crippen molar-refractivity contribution in [3.05, 3.63) is 54.1 Å². The Balaban J connectivity index is 1.29. The zero-order chi connectivity index (χ0) is 18.5. The van der Waals surface area contributed by atoms with Gasteiger partial charge < -0.3 is 9.32 Å². The highest BCUT2D eigenvalue weighted by Gasteiger charge is 2.22. The summed E-state index contributed by atoms with van der Waals surface area (Å²) in [7, 11) is 0. The average Bonchev–Trinajstić information content (AvgIpc) is 3.40. The van der Waals surface area contributed by atoms with E-state index >= 15 is 0 Å². The fraction of sp³-hybridized carbons (Fsp3) is 0.429. The van der Waals surface area contributed by atoms with Gasteiger partial charge in [-0.05, 0) is 43.5 Å². The number of thiazole rings is 1. The third-order valence-electron chi connectivity index (χ3n) is 5.26. The van der Waals surface area contributed by atoms with Crippen LogP contribution in [0, 0.1) is 5.92 Å². The lowest BCUT2D eigenvalue weighted by Crippen LogP contribution is -2.39. The number of rotatable bonds is 7. The first-order chi connectivity index (χ1) is 13.3. The number of piperidine rings is 1. The lowest BCUT2D eigenvalue weighted by molar-refractivity contribution is 0.211. The van der Waals surface area contributed by atoms with Gasteiger partial charge in [-0.3, -0.25) is 4.90 Å². The van der Waals surface area contributed by atoms with Crippen molar-refractivity contribution >= 4 is 17.2 Å². The van der Waals surface area contributed by atoms with Gasteiger partial charge in [-0.2, -0.15) is 0 Å². The smallest absolute Gasteiger partial charge is 0.128 e. The highest BCUT2D eigenvalue weighted by Crippen LogP contribution is 2.26. The predicted molar refractivity (Wildman–Crippen MR) is 110 cm³/mol. The van der Waals surface area contributed by atoms with Crippen LogP contribution in [-0.4, -0.2) is 41.0 Å². The minimum atomic E-state index is 0.747. The van der Waals surface area contributed by atoms with Gasteiger partial charge in [0.15, 0.2) is 0 Å². The first kappa shape index (κ1) is 18.2. The van der Waals surface area contributed by atoms with Crippen LogP contribution in [0.4, 0.5) is 5.82 Å². The van der Waals surface area contributed by atoms with E-state index in [9.17, 15) is 0 Å². The average molecular weight is 383 g/mol.